The predicted octanol–water partition coefficient (Wildman–Crippen LogP) is 1.58. The summed E-state index contributed by atoms with van der Waals surface area (Å²) in [4.78, 5) is 10.1. The van der Waals surface area contributed by atoms with Gasteiger partial charge in [0, 0.05) is 0 Å². The molecule has 48 valence electrons. The molecule has 1 unspecified atom stereocenters. The van der Waals surface area contributed by atoms with Crippen LogP contribution in [0.1, 0.15) is 18.6 Å². The van der Waals surface area contributed by atoms with Gasteiger partial charge in [0.2, 0.25) is 0 Å². The van der Waals surface area contributed by atoms with Gasteiger partial charge in [0.05, 0.1) is 12.2 Å². The minimum Gasteiger partial charge on any atom is -0.469 e. The van der Waals surface area contributed by atoms with Crippen LogP contribution < -0.4 is 0 Å². The molecule has 0 aliphatic rings. The van der Waals surface area contributed by atoms with E-state index in [1.165, 1.54) is 0 Å². The molecule has 1 heterocycles. The second-order valence-electron chi connectivity index (χ2n) is 1.94. The largest absolute Gasteiger partial charge is 0.469 e. The molecule has 0 aromatic carbocycles. The number of hydrogen-bond donors (Lipinski definition) is 0. The highest BCUT2D eigenvalue weighted by molar-refractivity contribution is 5.59. The first-order valence-corrected chi connectivity index (χ1v) is 2.83. The average Bonchev–Trinajstić information content (AvgIpc) is 2.37. The fourth-order valence-corrected chi connectivity index (χ4v) is 0.617. The smallest absolute Gasteiger partial charge is 0.130 e. The molecule has 0 spiro atoms. The van der Waals surface area contributed by atoms with E-state index in [9.17, 15) is 4.79 Å². The van der Waals surface area contributed by atoms with Crippen LogP contribution in [0.5, 0.6) is 0 Å². The Labute approximate surface area is 53.5 Å². The van der Waals surface area contributed by atoms with Gasteiger partial charge in [-0.1, -0.05) is 0 Å². The van der Waals surface area contributed by atoms with E-state index in [0.29, 0.717) is 0 Å². The number of aldehydes is 1. The maximum atomic E-state index is 10.1. The van der Waals surface area contributed by atoms with Crippen LogP contribution in [0.25, 0.3) is 0 Å². The highest BCUT2D eigenvalue weighted by Gasteiger charge is 2.03. The molecule has 0 N–H and O–H groups in total. The lowest BCUT2D eigenvalue weighted by atomic mass is 10.1. The molecule has 1 atom stereocenters. The summed E-state index contributed by atoms with van der Waals surface area (Å²) in [6.45, 7) is 1.80. The van der Waals surface area contributed by atoms with Crippen molar-refractivity contribution in [2.45, 2.75) is 12.8 Å². The fraction of sp³-hybridized carbons (Fsp3) is 0.286. The quantitative estimate of drug-likeness (QED) is 0.560. The van der Waals surface area contributed by atoms with Crippen molar-refractivity contribution < 1.29 is 9.21 Å². The Kier molecular flexibility index (Phi) is 1.68. The van der Waals surface area contributed by atoms with Crippen molar-refractivity contribution in [3.63, 3.8) is 0 Å². The molecule has 0 bridgehead atoms. The molecule has 9 heavy (non-hydrogen) atoms. The first-order chi connectivity index (χ1) is 4.34. The molecule has 0 saturated heterocycles. The topological polar surface area (TPSA) is 30.2 Å². The van der Waals surface area contributed by atoms with E-state index >= 15 is 0 Å². The molecule has 0 amide bonds. The third-order valence-electron chi connectivity index (χ3n) is 1.20. The lowest BCUT2D eigenvalue weighted by Gasteiger charge is -1.93. The molecule has 1 aromatic heterocycles. The van der Waals surface area contributed by atoms with Crippen LogP contribution in [0.2, 0.25) is 0 Å². The van der Waals surface area contributed by atoms with Crippen molar-refractivity contribution in [2.24, 2.45) is 0 Å². The van der Waals surface area contributed by atoms with Gasteiger partial charge in [-0.25, -0.2) is 0 Å². The summed E-state index contributed by atoms with van der Waals surface area (Å²) in [5, 5.41) is 0. The fourth-order valence-electron chi connectivity index (χ4n) is 0.617. The van der Waals surface area contributed by atoms with E-state index in [0.717, 1.165) is 12.0 Å². The van der Waals surface area contributed by atoms with Crippen molar-refractivity contribution in [3.05, 3.63) is 24.2 Å². The second kappa shape index (κ2) is 2.49. The molecule has 0 aliphatic heterocycles. The Bertz CT molecular complexity index is 177. The molecule has 2 heteroatoms. The zero-order valence-electron chi connectivity index (χ0n) is 5.20. The SMILES string of the molecule is CC(C=O)c1ccco1. The van der Waals surface area contributed by atoms with Gasteiger partial charge < -0.3 is 9.21 Å². The van der Waals surface area contributed by atoms with Crippen LogP contribution in [0.3, 0.4) is 0 Å². The monoisotopic (exact) mass is 124 g/mol. The highest BCUT2D eigenvalue weighted by Crippen LogP contribution is 2.11. The predicted molar refractivity (Wildman–Crippen MR) is 33.2 cm³/mol. The molecule has 0 fully saturated rings. The van der Waals surface area contributed by atoms with Gasteiger partial charge >= 0.3 is 0 Å². The minimum atomic E-state index is -0.111. The summed E-state index contributed by atoms with van der Waals surface area (Å²) in [5.74, 6) is 0.616. The van der Waals surface area contributed by atoms with Gasteiger partial charge in [0.15, 0.2) is 0 Å². The van der Waals surface area contributed by atoms with Crippen molar-refractivity contribution in [3.8, 4) is 0 Å². The summed E-state index contributed by atoms with van der Waals surface area (Å²) in [6.07, 6.45) is 2.42. The van der Waals surface area contributed by atoms with Crippen LogP contribution in [0.15, 0.2) is 22.8 Å². The van der Waals surface area contributed by atoms with Gasteiger partial charge in [-0.15, -0.1) is 0 Å². The molecule has 0 aliphatic carbocycles. The summed E-state index contributed by atoms with van der Waals surface area (Å²) < 4.78 is 4.95. The van der Waals surface area contributed by atoms with E-state index < -0.39 is 0 Å². The molecule has 1 rings (SSSR count). The average molecular weight is 124 g/mol. The number of carbonyl (C=O) groups excluding carboxylic acids is 1. The number of furan rings is 1. The summed E-state index contributed by atoms with van der Waals surface area (Å²) in [6, 6.07) is 3.56. The van der Waals surface area contributed by atoms with Crippen LogP contribution in [-0.2, 0) is 4.79 Å². The van der Waals surface area contributed by atoms with Gasteiger partial charge in [-0.05, 0) is 19.1 Å². The Morgan fingerprint density at radius 1 is 1.78 bits per heavy atom. The maximum absolute atomic E-state index is 10.1. The highest BCUT2D eigenvalue weighted by atomic mass is 16.3. The Morgan fingerprint density at radius 2 is 2.56 bits per heavy atom. The van der Waals surface area contributed by atoms with E-state index in [1.54, 1.807) is 25.3 Å². The lowest BCUT2D eigenvalue weighted by Crippen LogP contribution is -1.89. The van der Waals surface area contributed by atoms with Crippen LogP contribution in [0, 0.1) is 0 Å². The van der Waals surface area contributed by atoms with E-state index in [-0.39, 0.29) is 5.92 Å². The van der Waals surface area contributed by atoms with E-state index in [4.69, 9.17) is 4.42 Å². The Morgan fingerprint density at radius 3 is 3.00 bits per heavy atom. The van der Waals surface area contributed by atoms with Crippen LogP contribution in [-0.4, -0.2) is 6.29 Å². The van der Waals surface area contributed by atoms with Crippen LogP contribution in [0.4, 0.5) is 0 Å². The van der Waals surface area contributed by atoms with Crippen molar-refractivity contribution in [2.75, 3.05) is 0 Å². The second-order valence-corrected chi connectivity index (χ2v) is 1.94. The molecule has 2 nitrogen and oxygen atoms in total. The van der Waals surface area contributed by atoms with Gasteiger partial charge in [-0.3, -0.25) is 0 Å². The first-order valence-electron chi connectivity index (χ1n) is 2.83. The number of hydrogen-bond acceptors (Lipinski definition) is 2. The minimum absolute atomic E-state index is 0.111. The summed E-state index contributed by atoms with van der Waals surface area (Å²) >= 11 is 0. The van der Waals surface area contributed by atoms with E-state index in [2.05, 4.69) is 0 Å². The summed E-state index contributed by atoms with van der Waals surface area (Å²) in [5.41, 5.74) is 0. The first kappa shape index (κ1) is 6.08. The third kappa shape index (κ3) is 1.19. The molecule has 0 saturated carbocycles. The van der Waals surface area contributed by atoms with Crippen molar-refractivity contribution >= 4 is 6.29 Å². The van der Waals surface area contributed by atoms with Crippen molar-refractivity contribution in [1.82, 2.24) is 0 Å². The molecular weight excluding hydrogens is 116 g/mol. The zero-order chi connectivity index (χ0) is 6.69. The normalized spacial score (nSPS) is 13.0. The number of carbonyl (C=O) groups is 1. The summed E-state index contributed by atoms with van der Waals surface area (Å²) in [7, 11) is 0. The van der Waals surface area contributed by atoms with Gasteiger partial charge in [0.1, 0.15) is 12.0 Å². The number of rotatable bonds is 2. The van der Waals surface area contributed by atoms with Crippen molar-refractivity contribution in [1.29, 1.82) is 0 Å². The van der Waals surface area contributed by atoms with Gasteiger partial charge in [-0.2, -0.15) is 0 Å². The van der Waals surface area contributed by atoms with Crippen LogP contribution >= 0.6 is 0 Å². The maximum Gasteiger partial charge on any atom is 0.130 e. The van der Waals surface area contributed by atoms with Gasteiger partial charge in [0.25, 0.3) is 0 Å². The molecular formula is C7H8O2. The Hall–Kier alpha value is -1.05. The molecule has 1 aromatic rings. The third-order valence-corrected chi connectivity index (χ3v) is 1.20. The Balaban J connectivity index is 2.76. The lowest BCUT2D eigenvalue weighted by molar-refractivity contribution is -0.109. The standard InChI is InChI=1S/C7H8O2/c1-6(5-8)7-3-2-4-9-7/h2-6H,1H3. The van der Waals surface area contributed by atoms with E-state index in [1.807, 2.05) is 0 Å². The molecule has 0 radical (unpaired) electrons. The zero-order valence-corrected chi connectivity index (χ0v) is 5.20.